The van der Waals surface area contributed by atoms with Crippen LogP contribution in [0.25, 0.3) is 0 Å². The molecule has 0 spiro atoms. The van der Waals surface area contributed by atoms with E-state index in [1.807, 2.05) is 0 Å². The Morgan fingerprint density at radius 3 is 2.33 bits per heavy atom. The Kier molecular flexibility index (Phi) is 9.59. The molecule has 3 nitrogen and oxygen atoms in total. The molecule has 0 aliphatic carbocycles. The Morgan fingerprint density at radius 2 is 1.73 bits per heavy atom. The van der Waals surface area contributed by atoms with Gasteiger partial charge in [-0.1, -0.05) is 39.0 Å². The summed E-state index contributed by atoms with van der Waals surface area (Å²) in [5.41, 5.74) is 0. The van der Waals surface area contributed by atoms with Gasteiger partial charge in [0.05, 0.1) is 6.61 Å². The van der Waals surface area contributed by atoms with Crippen molar-refractivity contribution in [3.63, 3.8) is 0 Å². The summed E-state index contributed by atoms with van der Waals surface area (Å²) in [6.07, 6.45) is 7.04. The molecule has 1 unspecified atom stereocenters. The maximum Gasteiger partial charge on any atom is 0.304 e. The third kappa shape index (κ3) is 11.4. The Bertz CT molecular complexity index is 157. The van der Waals surface area contributed by atoms with Gasteiger partial charge in [0, 0.05) is 6.92 Å². The molecular formula is C12H24O3. The van der Waals surface area contributed by atoms with Crippen LogP contribution in [0.15, 0.2) is 0 Å². The third-order valence-corrected chi connectivity index (χ3v) is 2.18. The van der Waals surface area contributed by atoms with Crippen LogP contribution in [-0.4, -0.2) is 18.9 Å². The van der Waals surface area contributed by atoms with Gasteiger partial charge in [-0.25, -0.2) is 0 Å². The van der Waals surface area contributed by atoms with Crippen LogP contribution >= 0.6 is 0 Å². The maximum absolute atomic E-state index is 10.6. The van der Waals surface area contributed by atoms with Crippen LogP contribution in [0.1, 0.15) is 59.3 Å². The molecule has 0 fully saturated rings. The van der Waals surface area contributed by atoms with Crippen molar-refractivity contribution in [1.82, 2.24) is 0 Å². The Morgan fingerprint density at radius 1 is 1.13 bits per heavy atom. The van der Waals surface area contributed by atoms with E-state index in [1.165, 1.54) is 39.0 Å². The van der Waals surface area contributed by atoms with Crippen molar-refractivity contribution in [3.05, 3.63) is 0 Å². The van der Waals surface area contributed by atoms with Crippen LogP contribution in [0, 0.1) is 0 Å². The molecule has 0 aliphatic heterocycles. The lowest BCUT2D eigenvalue weighted by atomic mass is 10.1. The van der Waals surface area contributed by atoms with E-state index in [0.717, 1.165) is 6.42 Å². The van der Waals surface area contributed by atoms with Gasteiger partial charge in [0.15, 0.2) is 6.29 Å². The fraction of sp³-hybridized carbons (Fsp3) is 0.917. The summed E-state index contributed by atoms with van der Waals surface area (Å²) in [5.74, 6) is -0.287. The van der Waals surface area contributed by atoms with Gasteiger partial charge in [0.1, 0.15) is 0 Å². The number of rotatable bonds is 9. The van der Waals surface area contributed by atoms with Gasteiger partial charge in [-0.3, -0.25) is 4.79 Å². The highest BCUT2D eigenvalue weighted by molar-refractivity contribution is 5.65. The van der Waals surface area contributed by atoms with Gasteiger partial charge in [-0.05, 0) is 13.3 Å². The summed E-state index contributed by atoms with van der Waals surface area (Å²) < 4.78 is 10.2. The first kappa shape index (κ1) is 14.4. The van der Waals surface area contributed by atoms with E-state index in [1.54, 1.807) is 6.92 Å². The second kappa shape index (κ2) is 9.97. The first-order valence-electron chi connectivity index (χ1n) is 5.95. The monoisotopic (exact) mass is 216 g/mol. The standard InChI is InChI=1S/C12H24O3/c1-4-5-6-7-8-9-10-14-12(3)15-11(2)13/h12H,4-10H2,1-3H3. The number of hydrogen-bond acceptors (Lipinski definition) is 3. The highest BCUT2D eigenvalue weighted by atomic mass is 16.7. The first-order chi connectivity index (χ1) is 7.16. The van der Waals surface area contributed by atoms with Crippen LogP contribution in [0.3, 0.4) is 0 Å². The normalized spacial score (nSPS) is 12.5. The minimum absolute atomic E-state index is 0.287. The molecular weight excluding hydrogens is 192 g/mol. The number of carbonyl (C=O) groups excluding carboxylic acids is 1. The van der Waals surface area contributed by atoms with E-state index in [0.29, 0.717) is 6.61 Å². The van der Waals surface area contributed by atoms with Crippen molar-refractivity contribution in [2.75, 3.05) is 6.61 Å². The Hall–Kier alpha value is -0.570. The zero-order valence-corrected chi connectivity index (χ0v) is 10.3. The number of unbranched alkanes of at least 4 members (excludes halogenated alkanes) is 5. The molecule has 0 bridgehead atoms. The largest absolute Gasteiger partial charge is 0.436 e. The molecule has 0 aromatic rings. The van der Waals surface area contributed by atoms with E-state index >= 15 is 0 Å². The smallest absolute Gasteiger partial charge is 0.304 e. The predicted molar refractivity (Wildman–Crippen MR) is 60.6 cm³/mol. The van der Waals surface area contributed by atoms with Crippen LogP contribution < -0.4 is 0 Å². The van der Waals surface area contributed by atoms with E-state index in [4.69, 9.17) is 9.47 Å². The Labute approximate surface area is 93.1 Å². The van der Waals surface area contributed by atoms with Gasteiger partial charge in [-0.2, -0.15) is 0 Å². The third-order valence-electron chi connectivity index (χ3n) is 2.18. The summed E-state index contributed by atoms with van der Waals surface area (Å²) in [6.45, 7) is 6.04. The lowest BCUT2D eigenvalue weighted by Gasteiger charge is -2.12. The average molecular weight is 216 g/mol. The molecule has 1 atom stereocenters. The van der Waals surface area contributed by atoms with Gasteiger partial charge in [0.25, 0.3) is 0 Å². The van der Waals surface area contributed by atoms with Gasteiger partial charge in [0.2, 0.25) is 0 Å². The number of ether oxygens (including phenoxy) is 2. The topological polar surface area (TPSA) is 35.5 Å². The van der Waals surface area contributed by atoms with Gasteiger partial charge in [-0.15, -0.1) is 0 Å². The average Bonchev–Trinajstić information content (AvgIpc) is 2.15. The minimum Gasteiger partial charge on any atom is -0.436 e. The second-order valence-electron chi connectivity index (χ2n) is 3.82. The molecule has 0 aromatic heterocycles. The molecule has 0 radical (unpaired) electrons. The van der Waals surface area contributed by atoms with Crippen LogP contribution in [0.4, 0.5) is 0 Å². The minimum atomic E-state index is -0.404. The predicted octanol–water partition coefficient (Wildman–Crippen LogP) is 3.27. The van der Waals surface area contributed by atoms with Crippen molar-refractivity contribution in [2.24, 2.45) is 0 Å². The lowest BCUT2D eigenvalue weighted by Crippen LogP contribution is -2.16. The molecule has 0 saturated heterocycles. The number of hydrogen-bond donors (Lipinski definition) is 0. The van der Waals surface area contributed by atoms with Crippen molar-refractivity contribution in [1.29, 1.82) is 0 Å². The van der Waals surface area contributed by atoms with E-state index in [-0.39, 0.29) is 5.97 Å². The van der Waals surface area contributed by atoms with Crippen molar-refractivity contribution < 1.29 is 14.3 Å². The van der Waals surface area contributed by atoms with Crippen molar-refractivity contribution in [2.45, 2.75) is 65.6 Å². The van der Waals surface area contributed by atoms with Gasteiger partial charge < -0.3 is 9.47 Å². The molecule has 0 heterocycles. The summed E-state index contributed by atoms with van der Waals surface area (Å²) in [5, 5.41) is 0. The fourth-order valence-corrected chi connectivity index (χ4v) is 1.40. The molecule has 15 heavy (non-hydrogen) atoms. The molecule has 0 N–H and O–H groups in total. The zero-order chi connectivity index (χ0) is 11.5. The fourth-order valence-electron chi connectivity index (χ4n) is 1.40. The molecule has 90 valence electrons. The van der Waals surface area contributed by atoms with E-state index < -0.39 is 6.29 Å². The molecule has 0 rings (SSSR count). The molecule has 0 aromatic carbocycles. The van der Waals surface area contributed by atoms with Gasteiger partial charge >= 0.3 is 5.97 Å². The zero-order valence-electron chi connectivity index (χ0n) is 10.3. The summed E-state index contributed by atoms with van der Waals surface area (Å²) >= 11 is 0. The second-order valence-corrected chi connectivity index (χ2v) is 3.82. The van der Waals surface area contributed by atoms with Crippen LogP contribution in [0.5, 0.6) is 0 Å². The molecule has 0 saturated carbocycles. The van der Waals surface area contributed by atoms with Crippen molar-refractivity contribution >= 4 is 5.97 Å². The van der Waals surface area contributed by atoms with Crippen molar-refractivity contribution in [3.8, 4) is 0 Å². The molecule has 3 heteroatoms. The maximum atomic E-state index is 10.6. The first-order valence-corrected chi connectivity index (χ1v) is 5.95. The van der Waals surface area contributed by atoms with Crippen LogP contribution in [0.2, 0.25) is 0 Å². The van der Waals surface area contributed by atoms with Crippen LogP contribution in [-0.2, 0) is 14.3 Å². The Balaban J connectivity index is 3.13. The molecule has 0 amide bonds. The summed E-state index contributed by atoms with van der Waals surface area (Å²) in [6, 6.07) is 0. The number of carbonyl (C=O) groups is 1. The van der Waals surface area contributed by atoms with E-state index in [9.17, 15) is 4.79 Å². The highest BCUT2D eigenvalue weighted by Crippen LogP contribution is 2.05. The summed E-state index contributed by atoms with van der Waals surface area (Å²) in [7, 11) is 0. The highest BCUT2D eigenvalue weighted by Gasteiger charge is 2.03. The summed E-state index contributed by atoms with van der Waals surface area (Å²) in [4.78, 5) is 10.6. The van der Waals surface area contributed by atoms with E-state index in [2.05, 4.69) is 6.92 Å². The lowest BCUT2D eigenvalue weighted by molar-refractivity contribution is -0.172. The SMILES string of the molecule is CCCCCCCCOC(C)OC(C)=O. The number of esters is 1. The quantitative estimate of drug-likeness (QED) is 0.337. The molecule has 0 aliphatic rings.